The Morgan fingerprint density at radius 2 is 1.46 bits per heavy atom. The van der Waals surface area contributed by atoms with E-state index in [-0.39, 0.29) is 18.8 Å². The van der Waals surface area contributed by atoms with E-state index in [1.165, 1.54) is 0 Å². The monoisotopic (exact) mass is 326 g/mol. The molecule has 0 aromatic heterocycles. The van der Waals surface area contributed by atoms with Crippen molar-refractivity contribution in [3.63, 3.8) is 0 Å². The number of ether oxygens (including phenoxy) is 2. The Labute approximate surface area is 142 Å². The number of carbonyl (C=O) groups is 2. The van der Waals surface area contributed by atoms with Gasteiger partial charge in [0, 0.05) is 0 Å². The van der Waals surface area contributed by atoms with Crippen LogP contribution in [0.15, 0.2) is 54.6 Å². The van der Waals surface area contributed by atoms with Crippen LogP contribution in [0.5, 0.6) is 5.75 Å². The highest BCUT2D eigenvalue weighted by atomic mass is 16.5. The lowest BCUT2D eigenvalue weighted by atomic mass is 10.1. The highest BCUT2D eigenvalue weighted by molar-refractivity contribution is 5.79. The molecule has 0 amide bonds. The highest BCUT2D eigenvalue weighted by Gasteiger charge is 2.10. The lowest BCUT2D eigenvalue weighted by Gasteiger charge is -2.06. The van der Waals surface area contributed by atoms with Gasteiger partial charge < -0.3 is 9.47 Å². The summed E-state index contributed by atoms with van der Waals surface area (Å²) >= 11 is 0. The Morgan fingerprint density at radius 3 is 2.12 bits per heavy atom. The van der Waals surface area contributed by atoms with Crippen LogP contribution in [0.4, 0.5) is 0 Å². The van der Waals surface area contributed by atoms with Crippen molar-refractivity contribution < 1.29 is 19.1 Å². The van der Waals surface area contributed by atoms with Crippen LogP contribution >= 0.6 is 0 Å². The zero-order chi connectivity index (χ0) is 17.2. The van der Waals surface area contributed by atoms with E-state index in [1.807, 2.05) is 49.4 Å². The molecule has 0 radical (unpaired) electrons. The quantitative estimate of drug-likeness (QED) is 0.410. The average Bonchev–Trinajstić information content (AvgIpc) is 2.62. The van der Waals surface area contributed by atoms with E-state index in [4.69, 9.17) is 9.47 Å². The van der Waals surface area contributed by atoms with E-state index >= 15 is 0 Å². The fraction of sp³-hybridized carbons (Fsp3) is 0.300. The highest BCUT2D eigenvalue weighted by Crippen LogP contribution is 2.22. The van der Waals surface area contributed by atoms with Gasteiger partial charge in [0.1, 0.15) is 5.75 Å². The summed E-state index contributed by atoms with van der Waals surface area (Å²) in [5.74, 6) is -0.325. The third-order valence-corrected chi connectivity index (χ3v) is 3.49. The molecule has 2 aromatic carbocycles. The first-order valence-electron chi connectivity index (χ1n) is 8.21. The molecular formula is C20H22O4. The summed E-state index contributed by atoms with van der Waals surface area (Å²) in [6, 6.07) is 17.3. The van der Waals surface area contributed by atoms with Crippen LogP contribution in [0, 0.1) is 0 Å². The van der Waals surface area contributed by atoms with Gasteiger partial charge in [-0.25, -0.2) is 0 Å². The van der Waals surface area contributed by atoms with Gasteiger partial charge in [-0.2, -0.15) is 0 Å². The summed E-state index contributed by atoms with van der Waals surface area (Å²) in [4.78, 5) is 23.2. The van der Waals surface area contributed by atoms with Crippen LogP contribution in [-0.2, 0) is 14.3 Å². The van der Waals surface area contributed by atoms with E-state index in [9.17, 15) is 9.59 Å². The zero-order valence-corrected chi connectivity index (χ0v) is 13.9. The fourth-order valence-corrected chi connectivity index (χ4v) is 2.14. The Morgan fingerprint density at radius 1 is 0.833 bits per heavy atom. The van der Waals surface area contributed by atoms with Crippen LogP contribution in [0.1, 0.15) is 32.6 Å². The number of rotatable bonds is 8. The molecule has 0 fully saturated rings. The minimum atomic E-state index is -0.435. The van der Waals surface area contributed by atoms with Gasteiger partial charge in [-0.15, -0.1) is 0 Å². The topological polar surface area (TPSA) is 52.6 Å². The number of unbranched alkanes of at least 4 members (excludes halogenated alkanes) is 1. The van der Waals surface area contributed by atoms with Crippen LogP contribution in [0.3, 0.4) is 0 Å². The maximum absolute atomic E-state index is 11.8. The largest absolute Gasteiger partial charge is 0.466 e. The van der Waals surface area contributed by atoms with Gasteiger partial charge >= 0.3 is 11.9 Å². The zero-order valence-electron chi connectivity index (χ0n) is 13.9. The van der Waals surface area contributed by atoms with Crippen molar-refractivity contribution in [3.05, 3.63) is 54.6 Å². The molecule has 0 aliphatic heterocycles. The van der Waals surface area contributed by atoms with Crippen molar-refractivity contribution in [2.45, 2.75) is 32.6 Å². The second-order valence-electron chi connectivity index (χ2n) is 5.44. The van der Waals surface area contributed by atoms with E-state index in [1.54, 1.807) is 12.1 Å². The summed E-state index contributed by atoms with van der Waals surface area (Å²) in [5.41, 5.74) is 2.15. The van der Waals surface area contributed by atoms with Crippen LogP contribution in [0.2, 0.25) is 0 Å². The van der Waals surface area contributed by atoms with Gasteiger partial charge in [-0.1, -0.05) is 55.8 Å². The molecule has 0 saturated heterocycles. The molecule has 0 spiro atoms. The second-order valence-corrected chi connectivity index (χ2v) is 5.44. The van der Waals surface area contributed by atoms with Gasteiger partial charge in [0.2, 0.25) is 0 Å². The van der Waals surface area contributed by atoms with Crippen LogP contribution < -0.4 is 4.74 Å². The van der Waals surface area contributed by atoms with Gasteiger partial charge in [0.05, 0.1) is 19.4 Å². The summed E-state index contributed by atoms with van der Waals surface area (Å²) in [6.45, 7) is 2.43. The van der Waals surface area contributed by atoms with E-state index < -0.39 is 5.97 Å². The average molecular weight is 326 g/mol. The molecule has 4 nitrogen and oxygen atoms in total. The number of carbonyl (C=O) groups excluding carboxylic acids is 2. The number of hydrogen-bond acceptors (Lipinski definition) is 4. The van der Waals surface area contributed by atoms with E-state index in [2.05, 4.69) is 0 Å². The fourth-order valence-electron chi connectivity index (χ4n) is 2.14. The number of hydrogen-bond donors (Lipinski definition) is 0. The third kappa shape index (κ3) is 5.88. The van der Waals surface area contributed by atoms with Gasteiger partial charge in [0.25, 0.3) is 0 Å². The molecule has 2 rings (SSSR count). The maximum atomic E-state index is 11.8. The van der Waals surface area contributed by atoms with E-state index in [0.717, 1.165) is 24.0 Å². The van der Waals surface area contributed by atoms with Crippen molar-refractivity contribution >= 4 is 11.9 Å². The second kappa shape index (κ2) is 9.50. The van der Waals surface area contributed by atoms with Crippen LogP contribution in [-0.4, -0.2) is 18.5 Å². The molecule has 0 bridgehead atoms. The molecular weight excluding hydrogens is 304 g/mol. The Kier molecular flexibility index (Phi) is 7.02. The Hall–Kier alpha value is -2.62. The molecule has 126 valence electrons. The maximum Gasteiger partial charge on any atom is 0.311 e. The summed E-state index contributed by atoms with van der Waals surface area (Å²) in [6.07, 6.45) is 1.87. The Balaban J connectivity index is 1.79. The minimum Gasteiger partial charge on any atom is -0.466 e. The minimum absolute atomic E-state index is 0.0192. The molecule has 0 aliphatic carbocycles. The van der Waals surface area contributed by atoms with Crippen LogP contribution in [0.25, 0.3) is 11.1 Å². The van der Waals surface area contributed by atoms with Crippen molar-refractivity contribution in [2.24, 2.45) is 0 Å². The lowest BCUT2D eigenvalue weighted by Crippen LogP contribution is -2.12. The SMILES string of the molecule is CCCCOC(=O)CCC(=O)Oc1ccc(-c2ccccc2)cc1. The molecule has 4 heteroatoms. The van der Waals surface area contributed by atoms with E-state index in [0.29, 0.717) is 12.4 Å². The molecule has 2 aromatic rings. The summed E-state index contributed by atoms with van der Waals surface area (Å²) in [7, 11) is 0. The standard InChI is InChI=1S/C20H22O4/c1-2-3-15-23-19(21)13-14-20(22)24-18-11-9-17(10-12-18)16-7-5-4-6-8-16/h4-12H,2-3,13-15H2,1H3. The first-order chi connectivity index (χ1) is 11.7. The third-order valence-electron chi connectivity index (χ3n) is 3.49. The van der Waals surface area contributed by atoms with Gasteiger partial charge in [-0.3, -0.25) is 9.59 Å². The van der Waals surface area contributed by atoms with Crippen molar-refractivity contribution in [3.8, 4) is 16.9 Å². The number of esters is 2. The van der Waals surface area contributed by atoms with Crippen molar-refractivity contribution in [1.82, 2.24) is 0 Å². The first-order valence-corrected chi connectivity index (χ1v) is 8.21. The molecule has 0 atom stereocenters. The molecule has 0 saturated carbocycles. The predicted octanol–water partition coefficient (Wildman–Crippen LogP) is 4.38. The Bertz CT molecular complexity index is 647. The van der Waals surface area contributed by atoms with Gasteiger partial charge in [-0.05, 0) is 29.7 Å². The van der Waals surface area contributed by atoms with Gasteiger partial charge in [0.15, 0.2) is 0 Å². The summed E-state index contributed by atoms with van der Waals surface area (Å²) in [5, 5.41) is 0. The normalized spacial score (nSPS) is 10.2. The molecule has 0 heterocycles. The molecule has 0 unspecified atom stereocenters. The molecule has 24 heavy (non-hydrogen) atoms. The first kappa shape index (κ1) is 17.7. The molecule has 0 aliphatic rings. The van der Waals surface area contributed by atoms with Crippen molar-refractivity contribution in [2.75, 3.05) is 6.61 Å². The number of benzene rings is 2. The van der Waals surface area contributed by atoms with Crippen molar-refractivity contribution in [1.29, 1.82) is 0 Å². The predicted molar refractivity (Wildman–Crippen MR) is 92.6 cm³/mol. The molecule has 0 N–H and O–H groups in total. The smallest absolute Gasteiger partial charge is 0.311 e. The summed E-state index contributed by atoms with van der Waals surface area (Å²) < 4.78 is 10.2. The lowest BCUT2D eigenvalue weighted by molar-refractivity contribution is -0.147.